The quantitative estimate of drug-likeness (QED) is 0.849. The first-order chi connectivity index (χ1) is 8.15. The van der Waals surface area contributed by atoms with Crippen molar-refractivity contribution in [1.29, 1.82) is 0 Å². The van der Waals surface area contributed by atoms with Crippen LogP contribution in [-0.2, 0) is 0 Å². The lowest BCUT2D eigenvalue weighted by atomic mass is 9.76. The van der Waals surface area contributed by atoms with E-state index in [-0.39, 0.29) is 11.4 Å². The fourth-order valence-electron chi connectivity index (χ4n) is 2.74. The van der Waals surface area contributed by atoms with E-state index in [9.17, 15) is 4.39 Å². The van der Waals surface area contributed by atoms with Gasteiger partial charge in [-0.2, -0.15) is 0 Å². The van der Waals surface area contributed by atoms with Gasteiger partial charge in [-0.05, 0) is 30.9 Å². The zero-order valence-corrected chi connectivity index (χ0v) is 10.2. The van der Waals surface area contributed by atoms with Gasteiger partial charge in [-0.1, -0.05) is 19.8 Å². The number of hydrogen-bond donors (Lipinski definition) is 2. The van der Waals surface area contributed by atoms with Gasteiger partial charge in [0.25, 0.3) is 0 Å². The van der Waals surface area contributed by atoms with Gasteiger partial charge in [-0.15, -0.1) is 0 Å². The van der Waals surface area contributed by atoms with Crippen LogP contribution in [0.15, 0.2) is 18.3 Å². The van der Waals surface area contributed by atoms with Crippen molar-refractivity contribution in [2.24, 2.45) is 11.7 Å². The molecule has 3 nitrogen and oxygen atoms in total. The van der Waals surface area contributed by atoms with E-state index in [0.717, 1.165) is 19.3 Å². The van der Waals surface area contributed by atoms with Crippen LogP contribution in [0.5, 0.6) is 0 Å². The number of nitrogens with one attached hydrogen (secondary N) is 1. The van der Waals surface area contributed by atoms with Crippen molar-refractivity contribution in [3.63, 3.8) is 0 Å². The molecule has 1 aliphatic carbocycles. The molecule has 1 heterocycles. The van der Waals surface area contributed by atoms with Crippen LogP contribution in [0.3, 0.4) is 0 Å². The number of nitrogens with two attached hydrogens (primary N) is 1. The molecule has 0 radical (unpaired) electrons. The summed E-state index contributed by atoms with van der Waals surface area (Å²) in [5.41, 5.74) is 5.70. The molecule has 2 rings (SSSR count). The van der Waals surface area contributed by atoms with Crippen molar-refractivity contribution in [1.82, 2.24) is 4.98 Å². The van der Waals surface area contributed by atoms with Gasteiger partial charge >= 0.3 is 0 Å². The molecule has 1 saturated carbocycles. The molecule has 2 unspecified atom stereocenters. The van der Waals surface area contributed by atoms with E-state index in [1.807, 2.05) is 0 Å². The van der Waals surface area contributed by atoms with Crippen LogP contribution in [0.2, 0.25) is 0 Å². The maximum Gasteiger partial charge on any atom is 0.165 e. The summed E-state index contributed by atoms with van der Waals surface area (Å²) in [5, 5.41) is 3.23. The van der Waals surface area contributed by atoms with Gasteiger partial charge in [-0.3, -0.25) is 0 Å². The van der Waals surface area contributed by atoms with Gasteiger partial charge in [0.05, 0.1) is 5.54 Å². The second kappa shape index (κ2) is 5.00. The molecule has 0 aromatic carbocycles. The normalized spacial score (nSPS) is 29.0. The van der Waals surface area contributed by atoms with Gasteiger partial charge in [0.2, 0.25) is 0 Å². The molecule has 1 fully saturated rings. The van der Waals surface area contributed by atoms with Crippen molar-refractivity contribution >= 4 is 5.82 Å². The van der Waals surface area contributed by atoms with Gasteiger partial charge in [0.1, 0.15) is 0 Å². The lowest BCUT2D eigenvalue weighted by molar-refractivity contribution is 0.262. The molecular weight excluding hydrogens is 217 g/mol. The molecule has 3 N–H and O–H groups in total. The Morgan fingerprint density at radius 3 is 3.12 bits per heavy atom. The summed E-state index contributed by atoms with van der Waals surface area (Å²) in [5.74, 6) is 0.650. The van der Waals surface area contributed by atoms with Crippen LogP contribution in [0.4, 0.5) is 10.2 Å². The minimum Gasteiger partial charge on any atom is -0.361 e. The first-order valence-corrected chi connectivity index (χ1v) is 6.24. The number of aromatic nitrogens is 1. The van der Waals surface area contributed by atoms with Crippen LogP contribution >= 0.6 is 0 Å². The third-order valence-corrected chi connectivity index (χ3v) is 3.62. The second-order valence-electron chi connectivity index (χ2n) is 5.14. The Morgan fingerprint density at radius 2 is 2.47 bits per heavy atom. The molecule has 1 aromatic heterocycles. The lowest BCUT2D eigenvalue weighted by Crippen LogP contribution is -2.49. The Bertz CT molecular complexity index is 383. The molecule has 0 bridgehead atoms. The maximum atomic E-state index is 13.6. The Morgan fingerprint density at radius 1 is 1.65 bits per heavy atom. The van der Waals surface area contributed by atoms with Crippen molar-refractivity contribution in [3.05, 3.63) is 24.1 Å². The molecule has 4 heteroatoms. The summed E-state index contributed by atoms with van der Waals surface area (Å²) in [6.45, 7) is 2.74. The number of anilines is 1. The molecule has 0 spiro atoms. The largest absolute Gasteiger partial charge is 0.361 e. The highest BCUT2D eigenvalue weighted by atomic mass is 19.1. The van der Waals surface area contributed by atoms with Crippen LogP contribution in [-0.4, -0.2) is 17.1 Å². The van der Waals surface area contributed by atoms with E-state index in [4.69, 9.17) is 5.73 Å². The zero-order valence-electron chi connectivity index (χ0n) is 10.2. The number of halogens is 1. The zero-order chi connectivity index (χ0) is 12.3. The van der Waals surface area contributed by atoms with Crippen LogP contribution in [0.25, 0.3) is 0 Å². The summed E-state index contributed by atoms with van der Waals surface area (Å²) in [4.78, 5) is 4.05. The van der Waals surface area contributed by atoms with Gasteiger partial charge in [0, 0.05) is 12.7 Å². The Hall–Kier alpha value is -1.16. The van der Waals surface area contributed by atoms with Crippen molar-refractivity contribution in [2.75, 3.05) is 11.9 Å². The average molecular weight is 237 g/mol. The number of hydrogen-bond acceptors (Lipinski definition) is 3. The fourth-order valence-corrected chi connectivity index (χ4v) is 2.74. The average Bonchev–Trinajstić information content (AvgIpc) is 2.32. The number of rotatable bonds is 3. The summed E-state index contributed by atoms with van der Waals surface area (Å²) in [6.07, 6.45) is 5.94. The summed E-state index contributed by atoms with van der Waals surface area (Å²) < 4.78 is 13.6. The van der Waals surface area contributed by atoms with Gasteiger partial charge < -0.3 is 11.1 Å². The van der Waals surface area contributed by atoms with Gasteiger partial charge in [0.15, 0.2) is 11.6 Å². The smallest absolute Gasteiger partial charge is 0.165 e. The van der Waals surface area contributed by atoms with E-state index >= 15 is 0 Å². The molecule has 94 valence electrons. The van der Waals surface area contributed by atoms with Crippen LogP contribution in [0, 0.1) is 11.7 Å². The second-order valence-corrected chi connectivity index (χ2v) is 5.14. The van der Waals surface area contributed by atoms with E-state index < -0.39 is 0 Å². The standard InChI is InChI=1S/C13H20FN3/c1-10-4-2-6-13(8-10,9-15)17-12-11(14)5-3-7-16-12/h3,5,7,10H,2,4,6,8-9,15H2,1H3,(H,16,17). The van der Waals surface area contributed by atoms with Crippen molar-refractivity contribution < 1.29 is 4.39 Å². The summed E-state index contributed by atoms with van der Waals surface area (Å²) in [6, 6.07) is 3.02. The third kappa shape index (κ3) is 2.75. The Kier molecular flexibility index (Phi) is 3.62. The Balaban J connectivity index is 2.17. The van der Waals surface area contributed by atoms with Crippen molar-refractivity contribution in [3.8, 4) is 0 Å². The first kappa shape index (κ1) is 12.3. The molecule has 0 saturated heterocycles. The highest BCUT2D eigenvalue weighted by Crippen LogP contribution is 2.34. The van der Waals surface area contributed by atoms with E-state index in [1.54, 1.807) is 12.3 Å². The number of nitrogens with zero attached hydrogens (tertiary/aromatic N) is 1. The highest BCUT2D eigenvalue weighted by molar-refractivity contribution is 5.39. The topological polar surface area (TPSA) is 50.9 Å². The Labute approximate surface area is 102 Å². The SMILES string of the molecule is CC1CCCC(CN)(Nc2ncccc2F)C1. The van der Waals surface area contributed by atoms with Crippen LogP contribution in [0.1, 0.15) is 32.6 Å². The molecule has 2 atom stereocenters. The van der Waals surface area contributed by atoms with Gasteiger partial charge in [-0.25, -0.2) is 9.37 Å². The van der Waals surface area contributed by atoms with Crippen molar-refractivity contribution in [2.45, 2.75) is 38.1 Å². The highest BCUT2D eigenvalue weighted by Gasteiger charge is 2.34. The molecule has 1 aliphatic rings. The minimum absolute atomic E-state index is 0.188. The molecule has 1 aromatic rings. The number of pyridine rings is 1. The lowest BCUT2D eigenvalue weighted by Gasteiger charge is -2.40. The minimum atomic E-state index is -0.307. The maximum absolute atomic E-state index is 13.6. The molecule has 0 aliphatic heterocycles. The third-order valence-electron chi connectivity index (χ3n) is 3.62. The predicted molar refractivity (Wildman–Crippen MR) is 67.2 cm³/mol. The molecular formula is C13H20FN3. The summed E-state index contributed by atoms with van der Waals surface area (Å²) in [7, 11) is 0. The van der Waals surface area contributed by atoms with E-state index in [0.29, 0.717) is 18.3 Å². The first-order valence-electron chi connectivity index (χ1n) is 6.24. The van der Waals surface area contributed by atoms with E-state index in [2.05, 4.69) is 17.2 Å². The molecule has 17 heavy (non-hydrogen) atoms. The molecule has 0 amide bonds. The van der Waals surface area contributed by atoms with E-state index in [1.165, 1.54) is 12.5 Å². The summed E-state index contributed by atoms with van der Waals surface area (Å²) >= 11 is 0. The monoisotopic (exact) mass is 237 g/mol. The van der Waals surface area contributed by atoms with Crippen LogP contribution < -0.4 is 11.1 Å². The fraction of sp³-hybridized carbons (Fsp3) is 0.615. The predicted octanol–water partition coefficient (Wildman–Crippen LogP) is 2.54.